The highest BCUT2D eigenvalue weighted by Crippen LogP contribution is 2.54. The van der Waals surface area contributed by atoms with Crippen molar-refractivity contribution in [2.75, 3.05) is 10.2 Å². The lowest BCUT2D eigenvalue weighted by atomic mass is 9.83. The maximum absolute atomic E-state index is 13.8. The van der Waals surface area contributed by atoms with Gasteiger partial charge < -0.3 is 5.32 Å². The van der Waals surface area contributed by atoms with Crippen molar-refractivity contribution in [3.05, 3.63) is 104 Å². The average Bonchev–Trinajstić information content (AvgIpc) is 3.40. The molecular weight excluding hydrogens is 639 g/mol. The smallest absolute Gasteiger partial charge is 0.308 e. The number of sulfonamides is 1. The van der Waals surface area contributed by atoms with Gasteiger partial charge in [-0.15, -0.1) is 0 Å². The van der Waals surface area contributed by atoms with Gasteiger partial charge >= 0.3 is 4.87 Å². The zero-order chi connectivity index (χ0) is 30.6. The van der Waals surface area contributed by atoms with Crippen molar-refractivity contribution < 1.29 is 27.2 Å². The predicted molar refractivity (Wildman–Crippen MR) is 160 cm³/mol. The second-order valence-electron chi connectivity index (χ2n) is 9.82. The number of halogens is 2. The summed E-state index contributed by atoms with van der Waals surface area (Å²) in [7, 11) is -3.91. The first-order valence-electron chi connectivity index (χ1n) is 12.6. The lowest BCUT2D eigenvalue weighted by molar-refractivity contribution is -0.122. The van der Waals surface area contributed by atoms with Crippen LogP contribution in [0.25, 0.3) is 0 Å². The molecule has 1 fully saturated rings. The zero-order valence-corrected chi connectivity index (χ0v) is 25.0. The lowest BCUT2D eigenvalue weighted by Crippen LogP contribution is -2.33. The summed E-state index contributed by atoms with van der Waals surface area (Å²) in [4.78, 5) is 54.8. The van der Waals surface area contributed by atoms with Crippen LogP contribution in [-0.4, -0.2) is 36.0 Å². The molecule has 15 heteroatoms. The fourth-order valence-corrected chi connectivity index (χ4v) is 8.62. The number of primary sulfonamides is 1. The number of rotatable bonds is 6. The number of imide groups is 1. The Bertz CT molecular complexity index is 1940. The number of aromatic nitrogens is 1. The number of amides is 3. The third-order valence-electron chi connectivity index (χ3n) is 7.13. The molecule has 2 aliphatic heterocycles. The number of nitrogens with one attached hydrogen (secondary N) is 1. The van der Waals surface area contributed by atoms with E-state index in [0.29, 0.717) is 20.5 Å². The van der Waals surface area contributed by atoms with E-state index in [1.54, 1.807) is 24.3 Å². The molecule has 3 atom stereocenters. The fraction of sp³-hybridized carbons (Fsp3) is 0.143. The van der Waals surface area contributed by atoms with Gasteiger partial charge in [-0.3, -0.25) is 23.7 Å². The largest absolute Gasteiger partial charge is 0.325 e. The second-order valence-corrected chi connectivity index (χ2v) is 13.9. The van der Waals surface area contributed by atoms with Gasteiger partial charge in [0.05, 0.1) is 21.5 Å². The van der Waals surface area contributed by atoms with Crippen LogP contribution in [0.3, 0.4) is 0 Å². The summed E-state index contributed by atoms with van der Waals surface area (Å²) in [5.74, 6) is -3.63. The average molecular weight is 659 g/mol. The number of thiazole rings is 1. The van der Waals surface area contributed by atoms with Gasteiger partial charge in [-0.25, -0.2) is 22.8 Å². The zero-order valence-electron chi connectivity index (χ0n) is 21.8. The number of nitrogens with two attached hydrogens (primary N) is 1. The molecule has 3 heterocycles. The second kappa shape index (κ2) is 11.0. The minimum absolute atomic E-state index is 0.127. The number of fused-ring (bicyclic) bond motifs is 2. The van der Waals surface area contributed by atoms with Gasteiger partial charge in [0.15, 0.2) is 0 Å². The van der Waals surface area contributed by atoms with Gasteiger partial charge in [0.25, 0.3) is 0 Å². The molecule has 0 bridgehead atoms. The van der Waals surface area contributed by atoms with Gasteiger partial charge in [0.2, 0.25) is 27.7 Å². The van der Waals surface area contributed by atoms with Crippen molar-refractivity contribution in [1.29, 1.82) is 0 Å². The van der Waals surface area contributed by atoms with E-state index in [0.717, 1.165) is 40.1 Å². The third kappa shape index (κ3) is 5.40. The van der Waals surface area contributed by atoms with E-state index in [4.69, 9.17) is 16.7 Å². The first-order chi connectivity index (χ1) is 20.4. The Balaban J connectivity index is 1.36. The molecule has 1 aromatic heterocycles. The molecule has 0 spiro atoms. The van der Waals surface area contributed by atoms with Gasteiger partial charge in [-0.1, -0.05) is 46.8 Å². The van der Waals surface area contributed by atoms with E-state index in [2.05, 4.69) is 5.32 Å². The molecule has 0 aliphatic carbocycles. The highest BCUT2D eigenvalue weighted by Gasteiger charge is 2.56. The number of hydrogen-bond acceptors (Lipinski definition) is 8. The first-order valence-corrected chi connectivity index (χ1v) is 16.3. The van der Waals surface area contributed by atoms with Crippen LogP contribution in [0.1, 0.15) is 16.4 Å². The van der Waals surface area contributed by atoms with Crippen LogP contribution in [0.5, 0.6) is 0 Å². The van der Waals surface area contributed by atoms with E-state index >= 15 is 0 Å². The van der Waals surface area contributed by atoms with Crippen LogP contribution < -0.4 is 20.2 Å². The Kier molecular flexibility index (Phi) is 7.50. The Morgan fingerprint density at radius 2 is 1.60 bits per heavy atom. The summed E-state index contributed by atoms with van der Waals surface area (Å²) < 4.78 is 37.9. The summed E-state index contributed by atoms with van der Waals surface area (Å²) in [6, 6.07) is 17.0. The molecule has 3 amide bonds. The van der Waals surface area contributed by atoms with Crippen molar-refractivity contribution >= 4 is 73.8 Å². The molecule has 0 radical (unpaired) electrons. The Labute approximate surface area is 257 Å². The maximum Gasteiger partial charge on any atom is 0.308 e. The Hall–Kier alpha value is -3.82. The molecule has 4 aromatic rings. The molecule has 2 aliphatic rings. The van der Waals surface area contributed by atoms with Crippen molar-refractivity contribution in [1.82, 2.24) is 4.57 Å². The minimum atomic E-state index is -3.91. The van der Waals surface area contributed by atoms with E-state index < -0.39 is 62.1 Å². The van der Waals surface area contributed by atoms with Crippen LogP contribution in [0, 0.1) is 11.7 Å². The van der Waals surface area contributed by atoms with Crippen molar-refractivity contribution in [2.45, 2.75) is 27.6 Å². The molecule has 43 heavy (non-hydrogen) atoms. The number of carbonyl (C=O) groups is 3. The highest BCUT2D eigenvalue weighted by atomic mass is 35.5. The SMILES string of the molecule is NS(=O)(=O)c1ccc(NC(=O)Cn2c3c(sc2=O)C(c2ccc(Cl)cc2)C2C(=O)N(c4ccc(F)cc4)C(=O)C2S3)cc1. The molecule has 220 valence electrons. The molecule has 3 unspecified atom stereocenters. The monoisotopic (exact) mass is 658 g/mol. The van der Waals surface area contributed by atoms with Crippen molar-refractivity contribution in [3.63, 3.8) is 0 Å². The van der Waals surface area contributed by atoms with Crippen LogP contribution in [-0.2, 0) is 31.0 Å². The molecule has 1 saturated heterocycles. The number of carbonyl (C=O) groups excluding carboxylic acids is 3. The summed E-state index contributed by atoms with van der Waals surface area (Å²) in [5.41, 5.74) is 1.18. The molecule has 0 saturated carbocycles. The predicted octanol–water partition coefficient (Wildman–Crippen LogP) is 3.78. The van der Waals surface area contributed by atoms with E-state index in [1.807, 2.05) is 0 Å². The van der Waals surface area contributed by atoms with Crippen LogP contribution in [0.2, 0.25) is 5.02 Å². The normalized spacial score (nSPS) is 19.7. The Morgan fingerprint density at radius 3 is 2.23 bits per heavy atom. The van der Waals surface area contributed by atoms with E-state index in [-0.39, 0.29) is 16.3 Å². The molecule has 3 N–H and O–H groups in total. The van der Waals surface area contributed by atoms with Crippen LogP contribution >= 0.6 is 34.7 Å². The first kappa shape index (κ1) is 29.3. The summed E-state index contributed by atoms with van der Waals surface area (Å²) >= 11 is 8.05. The Morgan fingerprint density at radius 1 is 0.953 bits per heavy atom. The molecule has 10 nitrogen and oxygen atoms in total. The number of hydrogen-bond donors (Lipinski definition) is 2. The van der Waals surface area contributed by atoms with Crippen LogP contribution in [0.15, 0.2) is 87.5 Å². The molecule has 6 rings (SSSR count). The number of thioether (sulfide) groups is 1. The topological polar surface area (TPSA) is 149 Å². The minimum Gasteiger partial charge on any atom is -0.325 e. The third-order valence-corrected chi connectivity index (χ3v) is 10.9. The fourth-order valence-electron chi connectivity index (χ4n) is 5.20. The highest BCUT2D eigenvalue weighted by molar-refractivity contribution is 8.00. The van der Waals surface area contributed by atoms with Crippen LogP contribution in [0.4, 0.5) is 15.8 Å². The number of benzene rings is 3. The summed E-state index contributed by atoms with van der Waals surface area (Å²) in [6.45, 7) is -0.400. The van der Waals surface area contributed by atoms with Gasteiger partial charge in [0.1, 0.15) is 17.6 Å². The van der Waals surface area contributed by atoms with Gasteiger partial charge in [-0.2, -0.15) is 0 Å². The molecular formula is C28H20ClFN4O6S3. The lowest BCUT2D eigenvalue weighted by Gasteiger charge is -2.30. The summed E-state index contributed by atoms with van der Waals surface area (Å²) in [5, 5.41) is 7.68. The number of anilines is 2. The van der Waals surface area contributed by atoms with E-state index in [9.17, 15) is 32.0 Å². The molecule has 3 aromatic carbocycles. The van der Waals surface area contributed by atoms with Gasteiger partial charge in [0, 0.05) is 21.5 Å². The quantitative estimate of drug-likeness (QED) is 0.300. The number of nitrogens with zero attached hydrogens (tertiary/aromatic N) is 2. The maximum atomic E-state index is 13.8. The van der Waals surface area contributed by atoms with Crippen molar-refractivity contribution in [3.8, 4) is 0 Å². The van der Waals surface area contributed by atoms with Crippen molar-refractivity contribution in [2.24, 2.45) is 11.1 Å². The van der Waals surface area contributed by atoms with E-state index in [1.165, 1.54) is 41.0 Å². The van der Waals surface area contributed by atoms with Gasteiger partial charge in [-0.05, 0) is 66.2 Å². The standard InChI is InChI=1S/C28H20ClFN4O6S3/c29-15-3-1-14(2-4-15)21-22-23(26(37)34(25(22)36)18-9-5-16(30)6-10-18)41-27-24(21)42-28(38)33(27)13-20(35)32-17-7-11-19(12-8-17)43(31,39)40/h1-12,21-23H,13H2,(H,32,35)(H2,31,39,40). The summed E-state index contributed by atoms with van der Waals surface area (Å²) in [6.07, 6.45) is 0.